The largest absolute Gasteiger partial charge is 0.457 e. The van der Waals surface area contributed by atoms with E-state index in [1.54, 1.807) is 20.8 Å². The molecule has 0 aromatic heterocycles. The fraction of sp³-hybridized carbons (Fsp3) is 0.962. The van der Waals surface area contributed by atoms with E-state index >= 15 is 0 Å². The maximum absolute atomic E-state index is 13.5. The van der Waals surface area contributed by atoms with Crippen LogP contribution in [0.25, 0.3) is 0 Å². The molecular weight excluding hydrogens is 929 g/mol. The van der Waals surface area contributed by atoms with Gasteiger partial charge < -0.3 is 83.1 Å². The summed E-state index contributed by atoms with van der Waals surface area (Å²) in [5, 5.41) is 79.6. The Hall–Kier alpha value is -1.66. The number of carbonyl (C=O) groups excluding carboxylic acids is 2. The molecule has 19 heteroatoms. The van der Waals surface area contributed by atoms with Crippen molar-refractivity contribution in [3.05, 3.63) is 0 Å². The molecule has 0 radical (unpaired) electrons. The lowest BCUT2D eigenvalue weighted by molar-refractivity contribution is -0.387. The van der Waals surface area contributed by atoms with Gasteiger partial charge in [-0.15, -0.1) is 0 Å². The Morgan fingerprint density at radius 2 is 1.01 bits per heavy atom. The van der Waals surface area contributed by atoms with E-state index in [-0.39, 0.29) is 18.9 Å². The van der Waals surface area contributed by atoms with E-state index in [4.69, 9.17) is 47.4 Å². The third kappa shape index (κ3) is 17.7. The Kier molecular flexibility index (Phi) is 26.1. The summed E-state index contributed by atoms with van der Waals surface area (Å²) in [6, 6.07) is 0. The van der Waals surface area contributed by atoms with Crippen LogP contribution in [-0.2, 0) is 57.0 Å². The van der Waals surface area contributed by atoms with E-state index in [2.05, 4.69) is 13.8 Å². The van der Waals surface area contributed by atoms with Crippen molar-refractivity contribution in [2.24, 2.45) is 0 Å². The highest BCUT2D eigenvalue weighted by molar-refractivity contribution is 5.70. The number of fused-ring (bicyclic) bond motifs is 3. The van der Waals surface area contributed by atoms with Gasteiger partial charge in [-0.1, -0.05) is 123 Å². The molecule has 2 bridgehead atoms. The average Bonchev–Trinajstić information content (AvgIpc) is 3.33. The maximum Gasteiger partial charge on any atom is 0.306 e. The molecule has 0 amide bonds. The quantitative estimate of drug-likeness (QED) is 0.0671. The second-order valence-corrected chi connectivity index (χ2v) is 20.8. The summed E-state index contributed by atoms with van der Waals surface area (Å²) < 4.78 is 60.9. The van der Waals surface area contributed by atoms with Crippen molar-refractivity contribution in [2.45, 2.75) is 318 Å². The molecule has 0 spiro atoms. The topological polar surface area (TPSA) is 268 Å². The Balaban J connectivity index is 1.23. The number of carbonyl (C=O) groups is 2. The van der Waals surface area contributed by atoms with Crippen LogP contribution in [0.2, 0.25) is 0 Å². The van der Waals surface area contributed by atoms with Crippen LogP contribution in [0.5, 0.6) is 0 Å². The first-order chi connectivity index (χ1) is 34.1. The molecule has 0 aromatic rings. The predicted octanol–water partition coefficient (Wildman–Crippen LogP) is 4.88. The van der Waals surface area contributed by atoms with E-state index in [0.29, 0.717) is 12.8 Å². The third-order valence-electron chi connectivity index (χ3n) is 14.8. The number of ether oxygens (including phenoxy) is 10. The van der Waals surface area contributed by atoms with E-state index in [1.165, 1.54) is 39.0 Å². The average molecular weight is 1020 g/mol. The summed E-state index contributed by atoms with van der Waals surface area (Å²) >= 11 is 0. The lowest BCUT2D eigenvalue weighted by atomic mass is 9.96. The number of rotatable bonds is 19. The van der Waals surface area contributed by atoms with Gasteiger partial charge in [-0.2, -0.15) is 0 Å². The van der Waals surface area contributed by atoms with E-state index < -0.39 is 135 Å². The Bertz CT molecular complexity index is 1510. The van der Waals surface area contributed by atoms with Crippen molar-refractivity contribution in [3.8, 4) is 0 Å². The van der Waals surface area contributed by atoms with Gasteiger partial charge in [0.05, 0.1) is 30.5 Å². The van der Waals surface area contributed by atoms with Crippen LogP contribution < -0.4 is 0 Å². The van der Waals surface area contributed by atoms with Crippen molar-refractivity contribution < 1.29 is 92.7 Å². The van der Waals surface area contributed by atoms with Gasteiger partial charge in [-0.3, -0.25) is 9.59 Å². The first kappa shape index (κ1) is 60.2. The molecule has 5 heterocycles. The van der Waals surface area contributed by atoms with Gasteiger partial charge in [-0.25, -0.2) is 0 Å². The molecule has 0 aliphatic carbocycles. The molecule has 0 saturated carbocycles. The fourth-order valence-corrected chi connectivity index (χ4v) is 10.4. The molecule has 5 saturated heterocycles. The van der Waals surface area contributed by atoms with Gasteiger partial charge in [0.15, 0.2) is 37.4 Å². The fourth-order valence-electron chi connectivity index (χ4n) is 10.4. The highest BCUT2D eigenvalue weighted by atomic mass is 16.8. The number of aliphatic hydroxyl groups excluding tert-OH is 7. The molecule has 5 fully saturated rings. The zero-order valence-corrected chi connectivity index (χ0v) is 43.4. The van der Waals surface area contributed by atoms with Crippen molar-refractivity contribution in [1.82, 2.24) is 0 Å². The van der Waals surface area contributed by atoms with Crippen LogP contribution in [0.4, 0.5) is 0 Å². The minimum Gasteiger partial charge on any atom is -0.457 e. The molecule has 71 heavy (non-hydrogen) atoms. The van der Waals surface area contributed by atoms with Crippen LogP contribution >= 0.6 is 0 Å². The van der Waals surface area contributed by atoms with Crippen molar-refractivity contribution in [3.63, 3.8) is 0 Å². The normalized spacial score (nSPS) is 41.4. The molecule has 5 aliphatic heterocycles. The first-order valence-corrected chi connectivity index (χ1v) is 27.4. The van der Waals surface area contributed by atoms with Gasteiger partial charge in [0.1, 0.15) is 61.0 Å². The molecule has 1 unspecified atom stereocenters. The molecule has 21 atom stereocenters. The maximum atomic E-state index is 13.5. The predicted molar refractivity (Wildman–Crippen MR) is 256 cm³/mol. The number of esters is 2. The molecule has 19 nitrogen and oxygen atoms in total. The van der Waals surface area contributed by atoms with Crippen LogP contribution in [0.15, 0.2) is 0 Å². The number of hydrogen-bond donors (Lipinski definition) is 7. The van der Waals surface area contributed by atoms with Crippen LogP contribution in [0.3, 0.4) is 0 Å². The third-order valence-corrected chi connectivity index (χ3v) is 14.8. The number of unbranched alkanes of at least 4 members (excludes halogenated alkanes) is 10. The van der Waals surface area contributed by atoms with Gasteiger partial charge in [-0.05, 0) is 53.4 Å². The minimum atomic E-state index is -1.81. The van der Waals surface area contributed by atoms with Crippen LogP contribution in [-0.4, -0.2) is 177 Å². The highest BCUT2D eigenvalue weighted by Gasteiger charge is 2.55. The van der Waals surface area contributed by atoms with Crippen molar-refractivity contribution in [1.29, 1.82) is 0 Å². The summed E-state index contributed by atoms with van der Waals surface area (Å²) in [6.45, 7) is 10.6. The van der Waals surface area contributed by atoms with E-state index in [1.807, 2.05) is 0 Å². The standard InChI is InChI=1S/C52H92O19/c1-7-9-11-12-13-14-17-20-24-28-35(53)67-44-31(4)63-49(41(59)39(44)57)69-45-32(5)64-50(42(60)40(45)58)70-46-33(6)65-51-43(61)47(46)68-36(54)29-25-21-18-15-16-19-23-27-34(26-22-10-8-2)66-52-48(71-51)38(56)37(55)30(3)62-52/h30-34,37-52,55-61H,7-29H2,1-6H3/t30-,31+,32+,33+,34?,37+,38+,39+,40+,41-,42-,43-,44+,45+,46+,47+,48-,49+,50+,51+,52+/m1/s1. The second kappa shape index (κ2) is 30.8. The summed E-state index contributed by atoms with van der Waals surface area (Å²) in [4.78, 5) is 26.2. The van der Waals surface area contributed by atoms with E-state index in [9.17, 15) is 45.3 Å². The van der Waals surface area contributed by atoms with Crippen molar-refractivity contribution >= 4 is 11.9 Å². The molecule has 0 aromatic carbocycles. The molecule has 7 N–H and O–H groups in total. The van der Waals surface area contributed by atoms with Gasteiger partial charge in [0.2, 0.25) is 0 Å². The molecule has 5 aliphatic rings. The van der Waals surface area contributed by atoms with Crippen LogP contribution in [0, 0.1) is 0 Å². The number of aliphatic hydroxyl groups is 7. The smallest absolute Gasteiger partial charge is 0.306 e. The summed E-state index contributed by atoms with van der Waals surface area (Å²) in [6.07, 6.45) is -7.27. The summed E-state index contributed by atoms with van der Waals surface area (Å²) in [7, 11) is 0. The number of hydrogen-bond acceptors (Lipinski definition) is 19. The zero-order valence-electron chi connectivity index (χ0n) is 43.4. The lowest BCUT2D eigenvalue weighted by Crippen LogP contribution is -2.66. The summed E-state index contributed by atoms with van der Waals surface area (Å²) in [5.74, 6) is -1.14. The first-order valence-electron chi connectivity index (χ1n) is 27.4. The van der Waals surface area contributed by atoms with Crippen LogP contribution in [0.1, 0.15) is 189 Å². The Labute approximate surface area is 421 Å². The lowest BCUT2D eigenvalue weighted by Gasteiger charge is -2.49. The Morgan fingerprint density at radius 1 is 0.493 bits per heavy atom. The summed E-state index contributed by atoms with van der Waals surface area (Å²) in [5.41, 5.74) is 0. The van der Waals surface area contributed by atoms with E-state index in [0.717, 1.165) is 89.9 Å². The molecule has 414 valence electrons. The monoisotopic (exact) mass is 1020 g/mol. The van der Waals surface area contributed by atoms with Gasteiger partial charge in [0.25, 0.3) is 0 Å². The second-order valence-electron chi connectivity index (χ2n) is 20.8. The Morgan fingerprint density at radius 3 is 1.66 bits per heavy atom. The van der Waals surface area contributed by atoms with Crippen molar-refractivity contribution in [2.75, 3.05) is 0 Å². The van der Waals surface area contributed by atoms with Gasteiger partial charge in [0, 0.05) is 12.8 Å². The van der Waals surface area contributed by atoms with Gasteiger partial charge >= 0.3 is 11.9 Å². The molecule has 5 rings (SSSR count). The SMILES string of the molecule is CCCCCCCCCCCC(=O)O[C@@H]1[C@@H](O)[C@@H](O)[C@H](O[C@@H]2[C@@H](O)[C@@H](O)[C@H](O[C@@H]3[C@H]4OC(=O)CCCCCCCCCC(CCCCC)O[C@@H]5O[C@H](C)[C@H](O)[C@H](O)[C@H]5O[C@H](O[C@H]3C)[C@@H]4O)O[C@H]2C)O[C@H]1C. The zero-order chi connectivity index (χ0) is 51.6. The highest BCUT2D eigenvalue weighted by Crippen LogP contribution is 2.36. The molecular formula is C52H92O19. The minimum absolute atomic E-state index is 0.0492.